The minimum atomic E-state index is 0. The third-order valence-corrected chi connectivity index (χ3v) is 4.39. The van der Waals surface area contributed by atoms with Gasteiger partial charge < -0.3 is 9.47 Å². The van der Waals surface area contributed by atoms with Crippen LogP contribution in [0.3, 0.4) is 0 Å². The van der Waals surface area contributed by atoms with Crippen LogP contribution in [0.5, 0.6) is 0 Å². The molecule has 2 atom stereocenters. The summed E-state index contributed by atoms with van der Waals surface area (Å²) >= 11 is 0. The Kier molecular flexibility index (Phi) is 9.31. The van der Waals surface area contributed by atoms with Gasteiger partial charge in [0.1, 0.15) is 12.2 Å². The van der Waals surface area contributed by atoms with Gasteiger partial charge in [0.05, 0.1) is 0 Å². The normalized spacial score (nSPS) is 24.9. The second kappa shape index (κ2) is 9.53. The van der Waals surface area contributed by atoms with Crippen LogP contribution in [0.1, 0.15) is 34.6 Å². The number of ether oxygens (including phenoxy) is 2. The molecular formula is C18H27IrO2. The summed E-state index contributed by atoms with van der Waals surface area (Å²) in [6.07, 6.45) is 8.04. The number of methoxy groups -OCH3 is 2. The van der Waals surface area contributed by atoms with Gasteiger partial charge in [-0.2, -0.15) is 0 Å². The van der Waals surface area contributed by atoms with Crippen molar-refractivity contribution in [1.29, 1.82) is 0 Å². The van der Waals surface area contributed by atoms with Gasteiger partial charge >= 0.3 is 0 Å². The van der Waals surface area contributed by atoms with Crippen LogP contribution in [0.2, 0.25) is 0 Å². The Morgan fingerprint density at radius 2 is 1.00 bits per heavy atom. The Morgan fingerprint density at radius 1 is 0.667 bits per heavy atom. The third kappa shape index (κ3) is 5.03. The van der Waals surface area contributed by atoms with Crippen molar-refractivity contribution in [2.24, 2.45) is 0 Å². The minimum Gasteiger partial charge on any atom is -0.374 e. The van der Waals surface area contributed by atoms with E-state index in [2.05, 4.69) is 34.6 Å². The van der Waals surface area contributed by atoms with Gasteiger partial charge in [0.15, 0.2) is 0 Å². The molecule has 0 aromatic rings. The van der Waals surface area contributed by atoms with Crippen molar-refractivity contribution in [3.8, 4) is 0 Å². The maximum Gasteiger partial charge on any atom is 0.105 e. The molecule has 0 aromatic heterocycles. The zero-order chi connectivity index (χ0) is 15.3. The topological polar surface area (TPSA) is 18.5 Å². The Morgan fingerprint density at radius 3 is 1.19 bits per heavy atom. The quantitative estimate of drug-likeness (QED) is 0.599. The molecule has 0 aliphatic heterocycles. The standard InChI is InChI=1S/C10H15.C8H12O2.Ir/c1-6-7(2)9(4)10(5)8(6)3;1-9-7-5-3-4-6-8(7)10-2;/h1-5H3;3-8H,1-2H3;/t;7-,8+;. The van der Waals surface area contributed by atoms with E-state index >= 15 is 0 Å². The van der Waals surface area contributed by atoms with E-state index in [0.717, 1.165) is 0 Å². The first kappa shape index (κ1) is 20.5. The number of hydrogen-bond donors (Lipinski definition) is 0. The van der Waals surface area contributed by atoms with Gasteiger partial charge in [-0.3, -0.25) is 0 Å². The zero-order valence-electron chi connectivity index (χ0n) is 14.1. The van der Waals surface area contributed by atoms with E-state index in [1.807, 2.05) is 24.3 Å². The second-order valence-corrected chi connectivity index (χ2v) is 5.30. The van der Waals surface area contributed by atoms with Crippen molar-refractivity contribution < 1.29 is 29.6 Å². The number of hydrogen-bond acceptors (Lipinski definition) is 2. The largest absolute Gasteiger partial charge is 0.374 e. The van der Waals surface area contributed by atoms with Crippen molar-refractivity contribution in [3.05, 3.63) is 52.5 Å². The molecule has 2 aliphatic rings. The SMILES string of the molecule is CO[C@H]1C=CC=C[C@H]1OC.C[C]1C(C)=C(C)C(C)=C1C.[Ir]. The molecule has 2 nitrogen and oxygen atoms in total. The molecule has 0 spiro atoms. The van der Waals surface area contributed by atoms with Gasteiger partial charge in [0.25, 0.3) is 0 Å². The van der Waals surface area contributed by atoms with E-state index in [1.165, 1.54) is 28.2 Å². The molecule has 21 heavy (non-hydrogen) atoms. The monoisotopic (exact) mass is 468 g/mol. The van der Waals surface area contributed by atoms with Crippen molar-refractivity contribution in [3.63, 3.8) is 0 Å². The third-order valence-electron chi connectivity index (χ3n) is 4.39. The minimum absolute atomic E-state index is 0. The van der Waals surface area contributed by atoms with Crippen LogP contribution < -0.4 is 0 Å². The van der Waals surface area contributed by atoms with Crippen molar-refractivity contribution >= 4 is 0 Å². The van der Waals surface area contributed by atoms with E-state index in [4.69, 9.17) is 9.47 Å². The summed E-state index contributed by atoms with van der Waals surface area (Å²) in [5, 5.41) is 0. The first-order valence-electron chi connectivity index (χ1n) is 7.04. The van der Waals surface area contributed by atoms with Crippen LogP contribution in [0.15, 0.2) is 46.6 Å². The fourth-order valence-corrected chi connectivity index (χ4v) is 2.40. The molecule has 2 radical (unpaired) electrons. The van der Waals surface area contributed by atoms with Crippen molar-refractivity contribution in [2.75, 3.05) is 14.2 Å². The van der Waals surface area contributed by atoms with Crippen LogP contribution in [-0.4, -0.2) is 26.4 Å². The number of rotatable bonds is 2. The Labute approximate surface area is 143 Å². The van der Waals surface area contributed by atoms with E-state index in [1.54, 1.807) is 14.2 Å². The predicted octanol–water partition coefficient (Wildman–Crippen LogP) is 4.41. The van der Waals surface area contributed by atoms with Gasteiger partial charge in [-0.1, -0.05) is 42.4 Å². The first-order chi connectivity index (χ1) is 9.43. The molecule has 0 bridgehead atoms. The molecule has 120 valence electrons. The van der Waals surface area contributed by atoms with Crippen LogP contribution in [0, 0.1) is 5.92 Å². The van der Waals surface area contributed by atoms with Gasteiger partial charge in [0.2, 0.25) is 0 Å². The van der Waals surface area contributed by atoms with E-state index in [0.29, 0.717) is 0 Å². The predicted molar refractivity (Wildman–Crippen MR) is 85.5 cm³/mol. The maximum absolute atomic E-state index is 5.13. The molecule has 0 saturated carbocycles. The molecule has 0 N–H and O–H groups in total. The number of allylic oxidation sites excluding steroid dienone is 6. The maximum atomic E-state index is 5.13. The average Bonchev–Trinajstić information content (AvgIpc) is 2.66. The summed E-state index contributed by atoms with van der Waals surface area (Å²) in [7, 11) is 3.36. The Bertz CT molecular complexity index is 416. The zero-order valence-corrected chi connectivity index (χ0v) is 16.5. The van der Waals surface area contributed by atoms with Crippen LogP contribution in [0.25, 0.3) is 0 Å². The van der Waals surface area contributed by atoms with Gasteiger partial charge in [-0.15, -0.1) is 0 Å². The summed E-state index contributed by atoms with van der Waals surface area (Å²) in [6.45, 7) is 11.0. The van der Waals surface area contributed by atoms with E-state index in [-0.39, 0.29) is 32.3 Å². The molecular weight excluding hydrogens is 440 g/mol. The average molecular weight is 468 g/mol. The summed E-state index contributed by atoms with van der Waals surface area (Å²) in [6, 6.07) is 0. The smallest absolute Gasteiger partial charge is 0.105 e. The molecule has 0 fully saturated rings. The van der Waals surface area contributed by atoms with Gasteiger partial charge in [-0.25, -0.2) is 0 Å². The van der Waals surface area contributed by atoms with Crippen LogP contribution in [-0.2, 0) is 29.6 Å². The molecule has 0 aromatic carbocycles. The Hall–Kier alpha value is -0.471. The van der Waals surface area contributed by atoms with Crippen LogP contribution in [0.4, 0.5) is 0 Å². The second-order valence-electron chi connectivity index (χ2n) is 5.30. The molecule has 2 rings (SSSR count). The fraction of sp³-hybridized carbons (Fsp3) is 0.500. The molecule has 0 heterocycles. The molecule has 3 heteroatoms. The fourth-order valence-electron chi connectivity index (χ4n) is 2.40. The molecule has 2 aliphatic carbocycles. The summed E-state index contributed by atoms with van der Waals surface area (Å²) < 4.78 is 10.3. The summed E-state index contributed by atoms with van der Waals surface area (Å²) in [5.41, 5.74) is 5.87. The molecule has 0 unspecified atom stereocenters. The van der Waals surface area contributed by atoms with Crippen molar-refractivity contribution in [2.45, 2.75) is 46.8 Å². The van der Waals surface area contributed by atoms with E-state index < -0.39 is 0 Å². The van der Waals surface area contributed by atoms with Crippen molar-refractivity contribution in [1.82, 2.24) is 0 Å². The summed E-state index contributed by atoms with van der Waals surface area (Å²) in [5.74, 6) is 1.47. The first-order valence-corrected chi connectivity index (χ1v) is 7.04. The van der Waals surface area contributed by atoms with Gasteiger partial charge in [0, 0.05) is 40.2 Å². The van der Waals surface area contributed by atoms with Gasteiger partial charge in [-0.05, 0) is 38.8 Å². The molecule has 0 saturated heterocycles. The Balaban J connectivity index is 0.000000364. The van der Waals surface area contributed by atoms with E-state index in [9.17, 15) is 0 Å². The van der Waals surface area contributed by atoms with Crippen LogP contribution >= 0.6 is 0 Å². The summed E-state index contributed by atoms with van der Waals surface area (Å²) in [4.78, 5) is 0. The molecule has 0 amide bonds.